The molecule has 0 aliphatic carbocycles. The Kier molecular flexibility index (Phi) is 4.84. The van der Waals surface area contributed by atoms with Gasteiger partial charge in [-0.1, -0.05) is 20.8 Å². The molecule has 5 nitrogen and oxygen atoms in total. The molecule has 0 unspecified atom stereocenters. The summed E-state index contributed by atoms with van der Waals surface area (Å²) in [6, 6.07) is 2.02. The van der Waals surface area contributed by atoms with Crippen molar-refractivity contribution in [2.45, 2.75) is 51.6 Å². The first-order valence-electron chi connectivity index (χ1n) is 7.71. The number of ether oxygens (including phenoxy) is 2. The van der Waals surface area contributed by atoms with Crippen molar-refractivity contribution in [1.82, 2.24) is 9.97 Å². The zero-order chi connectivity index (χ0) is 15.5. The van der Waals surface area contributed by atoms with Crippen molar-refractivity contribution in [3.63, 3.8) is 0 Å². The molecule has 0 bridgehead atoms. The highest BCUT2D eigenvalue weighted by molar-refractivity contribution is 5.38. The molecule has 1 saturated heterocycles. The number of rotatable bonds is 4. The van der Waals surface area contributed by atoms with Crippen LogP contribution in [0.15, 0.2) is 6.07 Å². The standard InChI is InChI=1S/C16H27N3O2/c1-6-21-16(7-9-20-10-8-16)14-18-12(15(2,3)4)11-13(17-5)19-14/h11H,6-10H2,1-5H3,(H,17,18,19). The second kappa shape index (κ2) is 6.28. The molecule has 1 aromatic rings. The summed E-state index contributed by atoms with van der Waals surface area (Å²) in [6.07, 6.45) is 1.61. The van der Waals surface area contributed by atoms with Crippen molar-refractivity contribution in [2.75, 3.05) is 32.2 Å². The van der Waals surface area contributed by atoms with Gasteiger partial charge in [-0.2, -0.15) is 0 Å². The van der Waals surface area contributed by atoms with E-state index in [1.807, 2.05) is 20.0 Å². The average molecular weight is 293 g/mol. The summed E-state index contributed by atoms with van der Waals surface area (Å²) in [4.78, 5) is 9.51. The highest BCUT2D eigenvalue weighted by Gasteiger charge is 2.39. The van der Waals surface area contributed by atoms with Crippen molar-refractivity contribution in [1.29, 1.82) is 0 Å². The first-order chi connectivity index (χ1) is 9.91. The number of nitrogens with zero attached hydrogens (tertiary/aromatic N) is 2. The minimum absolute atomic E-state index is 0.0259. The Morgan fingerprint density at radius 1 is 1.29 bits per heavy atom. The number of anilines is 1. The van der Waals surface area contributed by atoms with Crippen LogP contribution in [0.3, 0.4) is 0 Å². The zero-order valence-corrected chi connectivity index (χ0v) is 13.8. The van der Waals surface area contributed by atoms with Gasteiger partial charge in [0.15, 0.2) is 5.82 Å². The van der Waals surface area contributed by atoms with Gasteiger partial charge < -0.3 is 14.8 Å². The molecule has 1 fully saturated rings. The fourth-order valence-electron chi connectivity index (χ4n) is 2.57. The molecule has 0 aromatic carbocycles. The molecule has 1 N–H and O–H groups in total. The Morgan fingerprint density at radius 2 is 1.95 bits per heavy atom. The van der Waals surface area contributed by atoms with Crippen LogP contribution in [0.25, 0.3) is 0 Å². The van der Waals surface area contributed by atoms with Crippen LogP contribution in [0.1, 0.15) is 52.1 Å². The fraction of sp³-hybridized carbons (Fsp3) is 0.750. The predicted molar refractivity (Wildman–Crippen MR) is 83.6 cm³/mol. The summed E-state index contributed by atoms with van der Waals surface area (Å²) in [6.45, 7) is 10.5. The third-order valence-corrected chi connectivity index (χ3v) is 3.88. The van der Waals surface area contributed by atoms with Gasteiger partial charge in [0.1, 0.15) is 11.4 Å². The van der Waals surface area contributed by atoms with E-state index in [4.69, 9.17) is 14.5 Å². The van der Waals surface area contributed by atoms with Gasteiger partial charge >= 0.3 is 0 Å². The van der Waals surface area contributed by atoms with Gasteiger partial charge in [0.25, 0.3) is 0 Å². The molecule has 118 valence electrons. The van der Waals surface area contributed by atoms with Crippen LogP contribution in [-0.4, -0.2) is 36.8 Å². The Morgan fingerprint density at radius 3 is 2.48 bits per heavy atom. The van der Waals surface area contributed by atoms with Crippen LogP contribution in [0.4, 0.5) is 5.82 Å². The van der Waals surface area contributed by atoms with Crippen molar-refractivity contribution in [2.24, 2.45) is 0 Å². The number of nitrogens with one attached hydrogen (secondary N) is 1. The Balaban J connectivity index is 2.49. The Labute approximate surface area is 127 Å². The summed E-state index contributed by atoms with van der Waals surface area (Å²) < 4.78 is 11.6. The van der Waals surface area contributed by atoms with Crippen LogP contribution in [0, 0.1) is 0 Å². The van der Waals surface area contributed by atoms with Gasteiger partial charge in [-0.3, -0.25) is 0 Å². The van der Waals surface area contributed by atoms with E-state index < -0.39 is 5.60 Å². The Bertz CT molecular complexity index is 471. The SMILES string of the molecule is CCOC1(c2nc(NC)cc(C(C)(C)C)n2)CCOCC1. The fourth-order valence-corrected chi connectivity index (χ4v) is 2.57. The summed E-state index contributed by atoms with van der Waals surface area (Å²) in [7, 11) is 1.88. The summed E-state index contributed by atoms with van der Waals surface area (Å²) in [5, 5.41) is 3.14. The van der Waals surface area contributed by atoms with Gasteiger partial charge in [0, 0.05) is 51.2 Å². The minimum atomic E-state index is -0.417. The van der Waals surface area contributed by atoms with Crippen molar-refractivity contribution in [3.05, 3.63) is 17.6 Å². The molecule has 0 saturated carbocycles. The molecule has 1 aromatic heterocycles. The highest BCUT2D eigenvalue weighted by atomic mass is 16.5. The first kappa shape index (κ1) is 16.2. The zero-order valence-electron chi connectivity index (χ0n) is 13.8. The number of aromatic nitrogens is 2. The molecule has 1 aliphatic heterocycles. The van der Waals surface area contributed by atoms with E-state index in [1.165, 1.54) is 0 Å². The van der Waals surface area contributed by atoms with E-state index in [2.05, 4.69) is 31.1 Å². The molecular formula is C16H27N3O2. The summed E-state index contributed by atoms with van der Waals surface area (Å²) in [5.74, 6) is 1.62. The second-order valence-corrected chi connectivity index (χ2v) is 6.50. The molecule has 0 radical (unpaired) electrons. The van der Waals surface area contributed by atoms with Crippen molar-refractivity contribution in [3.8, 4) is 0 Å². The molecule has 2 heterocycles. The van der Waals surface area contributed by atoms with Crippen molar-refractivity contribution < 1.29 is 9.47 Å². The molecule has 0 atom stereocenters. The summed E-state index contributed by atoms with van der Waals surface area (Å²) in [5.41, 5.74) is 0.587. The lowest BCUT2D eigenvalue weighted by Gasteiger charge is -2.36. The van der Waals surface area contributed by atoms with E-state index >= 15 is 0 Å². The lowest BCUT2D eigenvalue weighted by atomic mass is 9.89. The molecule has 1 aliphatic rings. The van der Waals surface area contributed by atoms with E-state index in [-0.39, 0.29) is 5.41 Å². The van der Waals surface area contributed by atoms with E-state index in [9.17, 15) is 0 Å². The van der Waals surface area contributed by atoms with Gasteiger partial charge in [0.2, 0.25) is 0 Å². The van der Waals surface area contributed by atoms with Gasteiger partial charge in [-0.25, -0.2) is 9.97 Å². The largest absolute Gasteiger partial charge is 0.381 e. The maximum absolute atomic E-state index is 6.09. The first-order valence-corrected chi connectivity index (χ1v) is 7.71. The normalized spacial score (nSPS) is 18.5. The third kappa shape index (κ3) is 3.52. The van der Waals surface area contributed by atoms with Gasteiger partial charge in [-0.05, 0) is 6.92 Å². The highest BCUT2D eigenvalue weighted by Crippen LogP contribution is 2.35. The van der Waals surface area contributed by atoms with Crippen LogP contribution in [0.2, 0.25) is 0 Å². The molecule has 21 heavy (non-hydrogen) atoms. The molecular weight excluding hydrogens is 266 g/mol. The van der Waals surface area contributed by atoms with Crippen LogP contribution < -0.4 is 5.32 Å². The maximum Gasteiger partial charge on any atom is 0.163 e. The predicted octanol–water partition coefficient (Wildman–Crippen LogP) is 2.86. The van der Waals surface area contributed by atoms with Crippen LogP contribution >= 0.6 is 0 Å². The smallest absolute Gasteiger partial charge is 0.163 e. The van der Waals surface area contributed by atoms with E-state index in [0.717, 1.165) is 30.2 Å². The average Bonchev–Trinajstić information content (AvgIpc) is 2.47. The maximum atomic E-state index is 6.09. The van der Waals surface area contributed by atoms with E-state index in [0.29, 0.717) is 19.8 Å². The van der Waals surface area contributed by atoms with Crippen LogP contribution in [0.5, 0.6) is 0 Å². The lowest BCUT2D eigenvalue weighted by Crippen LogP contribution is -2.39. The van der Waals surface area contributed by atoms with Crippen LogP contribution in [-0.2, 0) is 20.5 Å². The molecule has 2 rings (SSSR count). The third-order valence-electron chi connectivity index (χ3n) is 3.88. The molecule has 5 heteroatoms. The molecule has 0 amide bonds. The minimum Gasteiger partial charge on any atom is -0.381 e. The Hall–Kier alpha value is -1.20. The monoisotopic (exact) mass is 293 g/mol. The van der Waals surface area contributed by atoms with Crippen molar-refractivity contribution >= 4 is 5.82 Å². The topological polar surface area (TPSA) is 56.3 Å². The molecule has 0 spiro atoms. The van der Waals surface area contributed by atoms with Gasteiger partial charge in [-0.15, -0.1) is 0 Å². The van der Waals surface area contributed by atoms with Gasteiger partial charge in [0.05, 0.1) is 5.69 Å². The van der Waals surface area contributed by atoms with E-state index in [1.54, 1.807) is 0 Å². The second-order valence-electron chi connectivity index (χ2n) is 6.50. The number of hydrogen-bond donors (Lipinski definition) is 1. The quantitative estimate of drug-likeness (QED) is 0.925. The number of hydrogen-bond acceptors (Lipinski definition) is 5. The summed E-state index contributed by atoms with van der Waals surface area (Å²) >= 11 is 0. The lowest BCUT2D eigenvalue weighted by molar-refractivity contribution is -0.117.